The van der Waals surface area contributed by atoms with Gasteiger partial charge in [-0.25, -0.2) is 4.99 Å². The smallest absolute Gasteiger partial charge is 0.119 e. The second-order valence-electron chi connectivity index (χ2n) is 4.58. The van der Waals surface area contributed by atoms with Crippen LogP contribution in [0.5, 0.6) is 5.75 Å². The highest BCUT2D eigenvalue weighted by Crippen LogP contribution is 2.21. The van der Waals surface area contributed by atoms with E-state index in [9.17, 15) is 0 Å². The first-order valence-electron chi connectivity index (χ1n) is 6.32. The fraction of sp³-hybridized carbons (Fsp3) is 0.188. The first-order valence-corrected chi connectivity index (χ1v) is 6.70. The highest BCUT2D eigenvalue weighted by molar-refractivity contribution is 6.31. The van der Waals surface area contributed by atoms with E-state index in [2.05, 4.69) is 4.99 Å². The SMILES string of the molecule is CN(C)C=Nc1ccc(OCc2ccccc2Cl)cc1. The Morgan fingerprint density at radius 3 is 2.45 bits per heavy atom. The third-order valence-corrected chi connectivity index (χ3v) is 3.00. The quantitative estimate of drug-likeness (QED) is 0.610. The van der Waals surface area contributed by atoms with E-state index in [1.165, 1.54) is 0 Å². The summed E-state index contributed by atoms with van der Waals surface area (Å²) in [5.74, 6) is 0.800. The number of aliphatic imine (C=N–C) groups is 1. The van der Waals surface area contributed by atoms with Crippen LogP contribution in [0.4, 0.5) is 5.69 Å². The van der Waals surface area contributed by atoms with Crippen LogP contribution in [0, 0.1) is 0 Å². The molecule has 2 aromatic carbocycles. The molecule has 0 aliphatic rings. The predicted octanol–water partition coefficient (Wildman–Crippen LogP) is 4.14. The number of nitrogens with zero attached hydrogens (tertiary/aromatic N) is 2. The maximum atomic E-state index is 6.08. The van der Waals surface area contributed by atoms with Crippen LogP contribution < -0.4 is 4.74 Å². The molecule has 2 rings (SSSR count). The largest absolute Gasteiger partial charge is 0.489 e. The summed E-state index contributed by atoms with van der Waals surface area (Å²) in [6.45, 7) is 0.458. The Kier molecular flexibility index (Phi) is 5.02. The third-order valence-electron chi connectivity index (χ3n) is 2.63. The van der Waals surface area contributed by atoms with Gasteiger partial charge in [-0.15, -0.1) is 0 Å². The molecule has 0 N–H and O–H groups in total. The summed E-state index contributed by atoms with van der Waals surface area (Å²) < 4.78 is 5.71. The highest BCUT2D eigenvalue weighted by Gasteiger charge is 2.00. The van der Waals surface area contributed by atoms with Gasteiger partial charge in [0.1, 0.15) is 12.4 Å². The molecule has 0 saturated carbocycles. The Labute approximate surface area is 124 Å². The molecular weight excluding hydrogens is 272 g/mol. The van der Waals surface area contributed by atoms with Crippen molar-refractivity contribution in [1.82, 2.24) is 4.90 Å². The van der Waals surface area contributed by atoms with E-state index in [0.717, 1.165) is 22.0 Å². The lowest BCUT2D eigenvalue weighted by Crippen LogP contribution is -2.06. The summed E-state index contributed by atoms with van der Waals surface area (Å²) >= 11 is 6.08. The van der Waals surface area contributed by atoms with Gasteiger partial charge in [0.15, 0.2) is 0 Å². The van der Waals surface area contributed by atoms with Gasteiger partial charge < -0.3 is 9.64 Å². The van der Waals surface area contributed by atoms with Crippen molar-refractivity contribution in [1.29, 1.82) is 0 Å². The van der Waals surface area contributed by atoms with Gasteiger partial charge in [-0.05, 0) is 30.3 Å². The fourth-order valence-corrected chi connectivity index (χ4v) is 1.78. The molecule has 0 fully saturated rings. The van der Waals surface area contributed by atoms with Crippen molar-refractivity contribution in [3.63, 3.8) is 0 Å². The average Bonchev–Trinajstić information content (AvgIpc) is 2.45. The number of hydrogen-bond acceptors (Lipinski definition) is 2. The topological polar surface area (TPSA) is 24.8 Å². The van der Waals surface area contributed by atoms with Crippen molar-refractivity contribution in [2.24, 2.45) is 4.99 Å². The molecule has 0 spiro atoms. The van der Waals surface area contributed by atoms with Crippen LogP contribution in [-0.4, -0.2) is 25.3 Å². The van der Waals surface area contributed by atoms with Crippen LogP contribution in [0.2, 0.25) is 5.02 Å². The van der Waals surface area contributed by atoms with E-state index >= 15 is 0 Å². The normalized spacial score (nSPS) is 10.8. The Hall–Kier alpha value is -2.00. The minimum absolute atomic E-state index is 0.458. The van der Waals surface area contributed by atoms with E-state index in [-0.39, 0.29) is 0 Å². The standard InChI is InChI=1S/C16H17ClN2O/c1-19(2)12-18-14-7-9-15(10-8-14)20-11-13-5-3-4-6-16(13)17/h3-10,12H,11H2,1-2H3. The molecule has 3 nitrogen and oxygen atoms in total. The molecule has 104 valence electrons. The Morgan fingerprint density at radius 2 is 1.80 bits per heavy atom. The second-order valence-corrected chi connectivity index (χ2v) is 4.99. The van der Waals surface area contributed by atoms with E-state index in [0.29, 0.717) is 6.61 Å². The van der Waals surface area contributed by atoms with Gasteiger partial charge in [0, 0.05) is 24.7 Å². The maximum absolute atomic E-state index is 6.08. The fourth-order valence-electron chi connectivity index (χ4n) is 1.59. The van der Waals surface area contributed by atoms with E-state index in [1.54, 1.807) is 6.34 Å². The first-order chi connectivity index (χ1) is 9.65. The van der Waals surface area contributed by atoms with Crippen molar-refractivity contribution >= 4 is 23.6 Å². The Balaban J connectivity index is 1.96. The lowest BCUT2D eigenvalue weighted by atomic mass is 10.2. The molecule has 20 heavy (non-hydrogen) atoms. The van der Waals surface area contributed by atoms with Crippen molar-refractivity contribution in [3.8, 4) is 5.75 Å². The van der Waals surface area contributed by atoms with Crippen LogP contribution >= 0.6 is 11.6 Å². The molecule has 0 atom stereocenters. The molecule has 4 heteroatoms. The zero-order chi connectivity index (χ0) is 14.4. The van der Waals surface area contributed by atoms with Gasteiger partial charge in [0.25, 0.3) is 0 Å². The van der Waals surface area contributed by atoms with Crippen LogP contribution in [0.15, 0.2) is 53.5 Å². The minimum Gasteiger partial charge on any atom is -0.489 e. The van der Waals surface area contributed by atoms with Gasteiger partial charge in [0.05, 0.1) is 12.0 Å². The average molecular weight is 289 g/mol. The van der Waals surface area contributed by atoms with Crippen molar-refractivity contribution in [2.45, 2.75) is 6.61 Å². The number of ether oxygens (including phenoxy) is 1. The predicted molar refractivity (Wildman–Crippen MR) is 84.1 cm³/mol. The molecule has 0 aliphatic heterocycles. The molecule has 2 aromatic rings. The molecule has 0 unspecified atom stereocenters. The van der Waals surface area contributed by atoms with Gasteiger partial charge in [-0.1, -0.05) is 29.8 Å². The monoisotopic (exact) mass is 288 g/mol. The lowest BCUT2D eigenvalue weighted by Gasteiger charge is -2.08. The number of halogens is 1. The van der Waals surface area contributed by atoms with E-state index < -0.39 is 0 Å². The van der Waals surface area contributed by atoms with Gasteiger partial charge in [-0.3, -0.25) is 0 Å². The van der Waals surface area contributed by atoms with Gasteiger partial charge >= 0.3 is 0 Å². The summed E-state index contributed by atoms with van der Waals surface area (Å²) in [5, 5.41) is 0.722. The molecule has 0 aromatic heterocycles. The zero-order valence-electron chi connectivity index (χ0n) is 11.6. The Morgan fingerprint density at radius 1 is 1.10 bits per heavy atom. The van der Waals surface area contributed by atoms with Gasteiger partial charge in [0.2, 0.25) is 0 Å². The zero-order valence-corrected chi connectivity index (χ0v) is 12.3. The molecule has 0 heterocycles. The minimum atomic E-state index is 0.458. The van der Waals surface area contributed by atoms with Crippen LogP contribution in [-0.2, 0) is 6.61 Å². The first kappa shape index (κ1) is 14.4. The molecule has 0 aliphatic carbocycles. The number of benzene rings is 2. The summed E-state index contributed by atoms with van der Waals surface area (Å²) in [7, 11) is 3.87. The van der Waals surface area contributed by atoms with Crippen LogP contribution in [0.1, 0.15) is 5.56 Å². The summed E-state index contributed by atoms with van der Waals surface area (Å²) in [6.07, 6.45) is 1.76. The van der Waals surface area contributed by atoms with Crippen LogP contribution in [0.25, 0.3) is 0 Å². The molecule has 0 amide bonds. The summed E-state index contributed by atoms with van der Waals surface area (Å²) in [6, 6.07) is 15.3. The Bertz CT molecular complexity index is 579. The van der Waals surface area contributed by atoms with Crippen molar-refractivity contribution in [3.05, 3.63) is 59.1 Å². The molecule has 0 saturated heterocycles. The van der Waals surface area contributed by atoms with Crippen LogP contribution in [0.3, 0.4) is 0 Å². The van der Waals surface area contributed by atoms with E-state index in [1.807, 2.05) is 67.5 Å². The van der Waals surface area contributed by atoms with Gasteiger partial charge in [-0.2, -0.15) is 0 Å². The van der Waals surface area contributed by atoms with Crippen molar-refractivity contribution in [2.75, 3.05) is 14.1 Å². The number of rotatable bonds is 5. The molecular formula is C16H17ClN2O. The lowest BCUT2D eigenvalue weighted by molar-refractivity contribution is 0.306. The molecule has 0 radical (unpaired) electrons. The third kappa shape index (κ3) is 4.28. The maximum Gasteiger partial charge on any atom is 0.119 e. The summed E-state index contributed by atoms with van der Waals surface area (Å²) in [5.41, 5.74) is 1.87. The number of hydrogen-bond donors (Lipinski definition) is 0. The molecule has 0 bridgehead atoms. The van der Waals surface area contributed by atoms with E-state index in [4.69, 9.17) is 16.3 Å². The second kappa shape index (κ2) is 6.96. The highest BCUT2D eigenvalue weighted by atomic mass is 35.5. The summed E-state index contributed by atoms with van der Waals surface area (Å²) in [4.78, 5) is 6.19. The van der Waals surface area contributed by atoms with Crippen molar-refractivity contribution < 1.29 is 4.74 Å².